The number of benzene rings is 2. The van der Waals surface area contributed by atoms with Crippen LogP contribution in [0.3, 0.4) is 0 Å². The van der Waals surface area contributed by atoms with Gasteiger partial charge in [0.15, 0.2) is 18.1 Å². The summed E-state index contributed by atoms with van der Waals surface area (Å²) in [5.74, 6) is -1.16. The van der Waals surface area contributed by atoms with E-state index in [0.29, 0.717) is 40.6 Å². The van der Waals surface area contributed by atoms with Crippen LogP contribution in [0.25, 0.3) is 6.08 Å². The third kappa shape index (κ3) is 5.80. The van der Waals surface area contributed by atoms with Gasteiger partial charge in [0, 0.05) is 0 Å². The number of aromatic carboxylic acids is 1. The predicted octanol–water partition coefficient (Wildman–Crippen LogP) is 3.92. The number of carbonyl (C=O) groups is 3. The van der Waals surface area contributed by atoms with Gasteiger partial charge in [-0.15, -0.1) is 0 Å². The number of carboxylic acid groups (broad SMARTS) is 1. The van der Waals surface area contributed by atoms with Crippen molar-refractivity contribution in [3.8, 4) is 11.5 Å². The van der Waals surface area contributed by atoms with Crippen LogP contribution in [0.1, 0.15) is 43.6 Å². The maximum atomic E-state index is 13.0. The molecule has 9 nitrogen and oxygen atoms in total. The lowest BCUT2D eigenvalue weighted by atomic mass is 10.1. The first kappa shape index (κ1) is 24.5. The van der Waals surface area contributed by atoms with E-state index < -0.39 is 11.9 Å². The van der Waals surface area contributed by atoms with E-state index in [1.165, 1.54) is 17.1 Å². The van der Waals surface area contributed by atoms with Crippen LogP contribution in [0.5, 0.6) is 11.5 Å². The largest absolute Gasteiger partial charge is 0.490 e. The second-order valence-corrected chi connectivity index (χ2v) is 7.68. The molecule has 0 bridgehead atoms. The van der Waals surface area contributed by atoms with E-state index >= 15 is 0 Å². The molecule has 0 atom stereocenters. The molecule has 34 heavy (non-hydrogen) atoms. The van der Waals surface area contributed by atoms with Gasteiger partial charge in [0.1, 0.15) is 0 Å². The van der Waals surface area contributed by atoms with Crippen LogP contribution < -0.4 is 14.5 Å². The number of hydrazone groups is 1. The zero-order chi connectivity index (χ0) is 24.8. The second-order valence-electron chi connectivity index (χ2n) is 7.68. The smallest absolute Gasteiger partial charge is 0.344 e. The average Bonchev–Trinajstić information content (AvgIpc) is 3.06. The molecule has 2 aromatic rings. The fourth-order valence-electron chi connectivity index (χ4n) is 3.23. The topological polar surface area (TPSA) is 115 Å². The molecule has 1 aliphatic rings. The molecule has 1 amide bonds. The molecule has 0 spiro atoms. The third-order valence-electron chi connectivity index (χ3n) is 4.69. The number of ether oxygens (including phenoxy) is 3. The van der Waals surface area contributed by atoms with Gasteiger partial charge < -0.3 is 19.3 Å². The second kappa shape index (κ2) is 10.7. The van der Waals surface area contributed by atoms with Crippen molar-refractivity contribution in [2.45, 2.75) is 33.8 Å². The summed E-state index contributed by atoms with van der Waals surface area (Å²) < 4.78 is 16.3. The summed E-state index contributed by atoms with van der Waals surface area (Å²) in [4.78, 5) is 36.1. The Morgan fingerprint density at radius 3 is 2.56 bits per heavy atom. The summed E-state index contributed by atoms with van der Waals surface area (Å²) in [7, 11) is 0. The molecule has 1 heterocycles. The Morgan fingerprint density at radius 2 is 1.88 bits per heavy atom. The highest BCUT2D eigenvalue weighted by Gasteiger charge is 2.29. The van der Waals surface area contributed by atoms with Crippen LogP contribution >= 0.6 is 0 Å². The van der Waals surface area contributed by atoms with E-state index in [1.54, 1.807) is 57.2 Å². The SMILES string of the molecule is CCOc1cc(/C=C2/C(=O)N(c3cccc(C(=O)O)c3)N=C2C)ccc1OCC(=O)OC(C)C. The van der Waals surface area contributed by atoms with Crippen LogP contribution in [-0.4, -0.2) is 48.0 Å². The average molecular weight is 466 g/mol. The highest BCUT2D eigenvalue weighted by atomic mass is 16.6. The van der Waals surface area contributed by atoms with Gasteiger partial charge in [-0.3, -0.25) is 4.79 Å². The number of esters is 1. The molecule has 1 N–H and O–H groups in total. The van der Waals surface area contributed by atoms with Crippen molar-refractivity contribution in [2.75, 3.05) is 18.2 Å². The summed E-state index contributed by atoms with van der Waals surface area (Å²) >= 11 is 0. The third-order valence-corrected chi connectivity index (χ3v) is 4.69. The number of hydrogen-bond donors (Lipinski definition) is 1. The van der Waals surface area contributed by atoms with Crippen molar-refractivity contribution < 1.29 is 33.7 Å². The molecule has 9 heteroatoms. The zero-order valence-corrected chi connectivity index (χ0v) is 19.4. The van der Waals surface area contributed by atoms with Crippen LogP contribution in [0.15, 0.2) is 53.1 Å². The van der Waals surface area contributed by atoms with Crippen LogP contribution in [-0.2, 0) is 14.3 Å². The standard InChI is InChI=1S/C25H26N2O7/c1-5-32-22-12-17(9-10-21(22)33-14-23(28)34-15(2)3)11-20-16(4)26-27(24(20)29)19-8-6-7-18(13-19)25(30)31/h6-13,15H,5,14H2,1-4H3,(H,30,31)/b20-11+. The highest BCUT2D eigenvalue weighted by molar-refractivity contribution is 6.32. The van der Waals surface area contributed by atoms with Crippen molar-refractivity contribution in [3.63, 3.8) is 0 Å². The van der Waals surface area contributed by atoms with Crippen molar-refractivity contribution >= 4 is 35.3 Å². The van der Waals surface area contributed by atoms with Crippen molar-refractivity contribution in [1.82, 2.24) is 0 Å². The van der Waals surface area contributed by atoms with Gasteiger partial charge >= 0.3 is 11.9 Å². The van der Waals surface area contributed by atoms with Gasteiger partial charge in [-0.1, -0.05) is 12.1 Å². The molecule has 0 saturated carbocycles. The Bertz CT molecular complexity index is 1170. The lowest BCUT2D eigenvalue weighted by Crippen LogP contribution is -2.21. The Labute approximate surface area is 197 Å². The summed E-state index contributed by atoms with van der Waals surface area (Å²) in [6.07, 6.45) is 1.43. The highest BCUT2D eigenvalue weighted by Crippen LogP contribution is 2.31. The van der Waals surface area contributed by atoms with E-state index in [2.05, 4.69) is 5.10 Å². The number of rotatable bonds is 9. The van der Waals surface area contributed by atoms with Gasteiger partial charge in [-0.05, 0) is 69.7 Å². The molecule has 2 aromatic carbocycles. The maximum absolute atomic E-state index is 13.0. The van der Waals surface area contributed by atoms with Crippen molar-refractivity contribution in [2.24, 2.45) is 5.10 Å². The minimum Gasteiger partial charge on any atom is -0.490 e. The zero-order valence-electron chi connectivity index (χ0n) is 19.4. The fourth-order valence-corrected chi connectivity index (χ4v) is 3.23. The van der Waals surface area contributed by atoms with Gasteiger partial charge in [0.2, 0.25) is 0 Å². The molecular formula is C25H26N2O7. The molecule has 0 aromatic heterocycles. The molecule has 0 unspecified atom stereocenters. The molecule has 0 fully saturated rings. The molecular weight excluding hydrogens is 440 g/mol. The van der Waals surface area contributed by atoms with E-state index in [1.807, 2.05) is 6.92 Å². The van der Waals surface area contributed by atoms with Crippen LogP contribution in [0, 0.1) is 0 Å². The van der Waals surface area contributed by atoms with Crippen molar-refractivity contribution in [3.05, 3.63) is 59.2 Å². The molecule has 0 saturated heterocycles. The molecule has 3 rings (SSSR count). The van der Waals surface area contributed by atoms with Crippen molar-refractivity contribution in [1.29, 1.82) is 0 Å². The van der Waals surface area contributed by atoms with Gasteiger partial charge in [-0.25, -0.2) is 9.59 Å². The maximum Gasteiger partial charge on any atom is 0.344 e. The van der Waals surface area contributed by atoms with E-state index in [9.17, 15) is 19.5 Å². The number of nitrogens with zero attached hydrogens (tertiary/aromatic N) is 2. The number of anilines is 1. The van der Waals surface area contributed by atoms with Crippen LogP contribution in [0.4, 0.5) is 5.69 Å². The number of amides is 1. The summed E-state index contributed by atoms with van der Waals surface area (Å²) in [5, 5.41) is 14.7. The summed E-state index contributed by atoms with van der Waals surface area (Å²) in [6.45, 7) is 7.15. The van der Waals surface area contributed by atoms with Crippen LogP contribution in [0.2, 0.25) is 0 Å². The fraction of sp³-hybridized carbons (Fsp3) is 0.280. The lowest BCUT2D eigenvalue weighted by Gasteiger charge is -2.14. The molecule has 0 radical (unpaired) electrons. The first-order valence-corrected chi connectivity index (χ1v) is 10.7. The Hall–Kier alpha value is -4.14. The first-order valence-electron chi connectivity index (χ1n) is 10.7. The van der Waals surface area contributed by atoms with E-state index in [0.717, 1.165) is 0 Å². The monoisotopic (exact) mass is 466 g/mol. The summed E-state index contributed by atoms with van der Waals surface area (Å²) in [5.41, 5.74) is 1.93. The molecule has 0 aliphatic carbocycles. The van der Waals surface area contributed by atoms with Gasteiger partial charge in [0.25, 0.3) is 5.91 Å². The lowest BCUT2D eigenvalue weighted by molar-refractivity contribution is -0.149. The molecule has 1 aliphatic heterocycles. The Morgan fingerprint density at radius 1 is 1.12 bits per heavy atom. The van der Waals surface area contributed by atoms with Gasteiger partial charge in [-0.2, -0.15) is 10.1 Å². The number of hydrogen-bond acceptors (Lipinski definition) is 7. The Balaban J connectivity index is 1.83. The Kier molecular flexibility index (Phi) is 7.68. The molecule has 178 valence electrons. The first-order chi connectivity index (χ1) is 16.2. The van der Waals surface area contributed by atoms with Gasteiger partial charge in [0.05, 0.1) is 35.2 Å². The predicted molar refractivity (Wildman–Crippen MR) is 126 cm³/mol. The number of carboxylic acids is 1. The normalized spacial score (nSPS) is 14.4. The number of carbonyl (C=O) groups excluding carboxylic acids is 2. The summed E-state index contributed by atoms with van der Waals surface area (Å²) in [6, 6.07) is 11.1. The van der Waals surface area contributed by atoms with E-state index in [-0.39, 0.29) is 24.2 Å². The minimum atomic E-state index is -1.09. The minimum absolute atomic E-state index is 0.0600. The van der Waals surface area contributed by atoms with E-state index in [4.69, 9.17) is 14.2 Å². The quantitative estimate of drug-likeness (QED) is 0.440.